The summed E-state index contributed by atoms with van der Waals surface area (Å²) in [7, 11) is 0. The molecule has 0 spiro atoms. The minimum Gasteiger partial charge on any atom is -0.367 e. The first kappa shape index (κ1) is 17.0. The number of nitrogens with zero attached hydrogens (tertiary/aromatic N) is 3. The smallest absolute Gasteiger partial charge is 0.252 e. The first-order valence-electron chi connectivity index (χ1n) is 9.21. The molecule has 1 atom stereocenters. The Hall–Kier alpha value is -2.47. The van der Waals surface area contributed by atoms with E-state index in [0.717, 1.165) is 37.4 Å². The lowest BCUT2D eigenvalue weighted by molar-refractivity contribution is -0.146. The highest BCUT2D eigenvalue weighted by Gasteiger charge is 2.31. The van der Waals surface area contributed by atoms with Crippen LogP contribution in [0.5, 0.6) is 0 Å². The van der Waals surface area contributed by atoms with E-state index < -0.39 is 0 Å². The zero-order valence-corrected chi connectivity index (χ0v) is 15.0. The number of anilines is 1. The van der Waals surface area contributed by atoms with Gasteiger partial charge in [0.1, 0.15) is 18.2 Å². The number of likely N-dealkylation sites (tertiary alicyclic amines) is 1. The molecule has 4 rings (SSSR count). The molecule has 1 unspecified atom stereocenters. The molecule has 1 aromatic carbocycles. The van der Waals surface area contributed by atoms with Crippen molar-refractivity contribution in [2.75, 3.05) is 18.4 Å². The number of hydrogen-bond donors (Lipinski definition) is 1. The molecule has 3 heterocycles. The number of carbonyl (C=O) groups excluding carboxylic acids is 1. The molecule has 2 aromatic rings. The average molecular weight is 352 g/mol. The van der Waals surface area contributed by atoms with Gasteiger partial charge in [0.25, 0.3) is 5.91 Å². The predicted molar refractivity (Wildman–Crippen MR) is 98.7 cm³/mol. The fraction of sp³-hybridized carbons (Fsp3) is 0.450. The quantitative estimate of drug-likeness (QED) is 0.918. The van der Waals surface area contributed by atoms with Crippen molar-refractivity contribution in [2.45, 2.75) is 44.9 Å². The van der Waals surface area contributed by atoms with E-state index in [-0.39, 0.29) is 12.0 Å². The molecule has 26 heavy (non-hydrogen) atoms. The standard InChI is InChI=1S/C20H24N4O2/c1-14-10-19(22-13-21-14)23-17-6-8-24(9-7-17)20(25)18-11-15-4-2-3-5-16(15)12-26-18/h2-5,10,13,17-18H,6-9,11-12H2,1H3,(H,21,22,23). The summed E-state index contributed by atoms with van der Waals surface area (Å²) in [6.07, 6.45) is 3.73. The molecule has 0 radical (unpaired) electrons. The third kappa shape index (κ3) is 3.70. The fourth-order valence-electron chi connectivity index (χ4n) is 3.70. The van der Waals surface area contributed by atoms with Crippen LogP contribution in [0.4, 0.5) is 5.82 Å². The van der Waals surface area contributed by atoms with Crippen LogP contribution in [0.25, 0.3) is 0 Å². The summed E-state index contributed by atoms with van der Waals surface area (Å²) < 4.78 is 5.83. The molecular weight excluding hydrogens is 328 g/mol. The maximum absolute atomic E-state index is 12.8. The van der Waals surface area contributed by atoms with E-state index in [1.165, 1.54) is 11.1 Å². The normalized spacial score (nSPS) is 20.5. The summed E-state index contributed by atoms with van der Waals surface area (Å²) in [6.45, 7) is 3.98. The molecule has 0 bridgehead atoms. The van der Waals surface area contributed by atoms with Crippen molar-refractivity contribution in [1.82, 2.24) is 14.9 Å². The number of hydrogen-bond acceptors (Lipinski definition) is 5. The molecule has 2 aliphatic heterocycles. The van der Waals surface area contributed by atoms with Gasteiger partial charge in [0, 0.05) is 37.3 Å². The predicted octanol–water partition coefficient (Wildman–Crippen LogP) is 2.33. The highest BCUT2D eigenvalue weighted by atomic mass is 16.5. The monoisotopic (exact) mass is 352 g/mol. The molecule has 1 fully saturated rings. The zero-order valence-electron chi connectivity index (χ0n) is 15.0. The number of benzene rings is 1. The number of aromatic nitrogens is 2. The van der Waals surface area contributed by atoms with Gasteiger partial charge < -0.3 is 15.0 Å². The van der Waals surface area contributed by atoms with E-state index in [1.54, 1.807) is 6.33 Å². The average Bonchev–Trinajstić information content (AvgIpc) is 2.68. The van der Waals surface area contributed by atoms with Gasteiger partial charge in [0.15, 0.2) is 0 Å². The van der Waals surface area contributed by atoms with Gasteiger partial charge in [-0.15, -0.1) is 0 Å². The van der Waals surface area contributed by atoms with Crippen LogP contribution < -0.4 is 5.32 Å². The third-order valence-corrected chi connectivity index (χ3v) is 5.20. The second-order valence-corrected chi connectivity index (χ2v) is 7.06. The largest absolute Gasteiger partial charge is 0.367 e. The lowest BCUT2D eigenvalue weighted by Gasteiger charge is -2.35. The highest BCUT2D eigenvalue weighted by molar-refractivity contribution is 5.81. The van der Waals surface area contributed by atoms with Crippen LogP contribution in [0.3, 0.4) is 0 Å². The Morgan fingerprint density at radius 3 is 2.73 bits per heavy atom. The van der Waals surface area contributed by atoms with Gasteiger partial charge in [-0.25, -0.2) is 9.97 Å². The molecule has 6 heteroatoms. The lowest BCUT2D eigenvalue weighted by atomic mass is 9.97. The Morgan fingerprint density at radius 1 is 1.19 bits per heavy atom. The summed E-state index contributed by atoms with van der Waals surface area (Å²) >= 11 is 0. The van der Waals surface area contributed by atoms with Crippen molar-refractivity contribution >= 4 is 11.7 Å². The maximum atomic E-state index is 12.8. The Morgan fingerprint density at radius 2 is 1.96 bits per heavy atom. The summed E-state index contributed by atoms with van der Waals surface area (Å²) in [4.78, 5) is 23.2. The Labute approximate surface area is 153 Å². The molecule has 1 aromatic heterocycles. The van der Waals surface area contributed by atoms with E-state index in [9.17, 15) is 4.79 Å². The van der Waals surface area contributed by atoms with E-state index in [2.05, 4.69) is 27.4 Å². The van der Waals surface area contributed by atoms with Crippen molar-refractivity contribution in [3.63, 3.8) is 0 Å². The number of aryl methyl sites for hydroxylation is 1. The lowest BCUT2D eigenvalue weighted by Crippen LogP contribution is -2.48. The molecule has 0 aliphatic carbocycles. The van der Waals surface area contributed by atoms with Gasteiger partial charge in [-0.1, -0.05) is 24.3 Å². The second-order valence-electron chi connectivity index (χ2n) is 7.06. The Balaban J connectivity index is 1.31. The van der Waals surface area contributed by atoms with Crippen molar-refractivity contribution in [2.24, 2.45) is 0 Å². The van der Waals surface area contributed by atoms with Crippen LogP contribution in [-0.2, 0) is 22.6 Å². The fourth-order valence-corrected chi connectivity index (χ4v) is 3.70. The summed E-state index contributed by atoms with van der Waals surface area (Å²) in [6, 6.07) is 10.5. The van der Waals surface area contributed by atoms with Crippen LogP contribution >= 0.6 is 0 Å². The molecule has 2 aliphatic rings. The third-order valence-electron chi connectivity index (χ3n) is 5.20. The van der Waals surface area contributed by atoms with Gasteiger partial charge >= 0.3 is 0 Å². The van der Waals surface area contributed by atoms with Crippen molar-refractivity contribution in [1.29, 1.82) is 0 Å². The number of rotatable bonds is 3. The molecule has 0 saturated carbocycles. The van der Waals surface area contributed by atoms with Crippen LogP contribution in [0.2, 0.25) is 0 Å². The van der Waals surface area contributed by atoms with E-state index in [0.29, 0.717) is 19.1 Å². The number of ether oxygens (including phenoxy) is 1. The van der Waals surface area contributed by atoms with Gasteiger partial charge in [0.05, 0.1) is 6.61 Å². The van der Waals surface area contributed by atoms with E-state index in [1.807, 2.05) is 30.0 Å². The summed E-state index contributed by atoms with van der Waals surface area (Å²) in [5.74, 6) is 0.977. The number of fused-ring (bicyclic) bond motifs is 1. The Kier molecular flexibility index (Phi) is 4.84. The highest BCUT2D eigenvalue weighted by Crippen LogP contribution is 2.23. The van der Waals surface area contributed by atoms with Gasteiger partial charge in [-0.2, -0.15) is 0 Å². The van der Waals surface area contributed by atoms with Crippen LogP contribution in [0, 0.1) is 6.92 Å². The molecule has 1 N–H and O–H groups in total. The van der Waals surface area contributed by atoms with Crippen LogP contribution in [-0.4, -0.2) is 46.0 Å². The second kappa shape index (κ2) is 7.41. The van der Waals surface area contributed by atoms with Crippen LogP contribution in [0.1, 0.15) is 29.7 Å². The van der Waals surface area contributed by atoms with Crippen LogP contribution in [0.15, 0.2) is 36.7 Å². The molecule has 1 saturated heterocycles. The maximum Gasteiger partial charge on any atom is 0.252 e. The van der Waals surface area contributed by atoms with Crippen molar-refractivity contribution in [3.8, 4) is 0 Å². The minimum atomic E-state index is -0.348. The van der Waals surface area contributed by atoms with Gasteiger partial charge in [-0.05, 0) is 30.9 Å². The molecule has 1 amide bonds. The molecular formula is C20H24N4O2. The molecule has 6 nitrogen and oxygen atoms in total. The number of piperidine rings is 1. The summed E-state index contributed by atoms with van der Waals surface area (Å²) in [5.41, 5.74) is 3.37. The Bertz CT molecular complexity index is 787. The van der Waals surface area contributed by atoms with Gasteiger partial charge in [-0.3, -0.25) is 4.79 Å². The first-order valence-corrected chi connectivity index (χ1v) is 9.21. The van der Waals surface area contributed by atoms with E-state index >= 15 is 0 Å². The topological polar surface area (TPSA) is 67.4 Å². The van der Waals surface area contributed by atoms with Crippen molar-refractivity contribution < 1.29 is 9.53 Å². The summed E-state index contributed by atoms with van der Waals surface area (Å²) in [5, 5.41) is 3.45. The SMILES string of the molecule is Cc1cc(NC2CCN(C(=O)C3Cc4ccccc4CO3)CC2)ncn1. The number of nitrogens with one attached hydrogen (secondary N) is 1. The van der Waals surface area contributed by atoms with Gasteiger partial charge in [0.2, 0.25) is 0 Å². The molecule has 136 valence electrons. The first-order chi connectivity index (χ1) is 12.7. The van der Waals surface area contributed by atoms with Crippen molar-refractivity contribution in [3.05, 3.63) is 53.5 Å². The van der Waals surface area contributed by atoms with E-state index in [4.69, 9.17) is 4.74 Å². The zero-order chi connectivity index (χ0) is 17.9. The number of amides is 1. The minimum absolute atomic E-state index is 0.121. The number of carbonyl (C=O) groups is 1.